The number of hydrogen-bond donors (Lipinski definition) is 0. The third-order valence-corrected chi connectivity index (χ3v) is 4.37. The second-order valence-electron chi connectivity index (χ2n) is 6.03. The Morgan fingerprint density at radius 3 is 2.41 bits per heavy atom. The summed E-state index contributed by atoms with van der Waals surface area (Å²) in [6, 6.07) is 16.9. The normalized spacial score (nSPS) is 17.3. The highest BCUT2D eigenvalue weighted by molar-refractivity contribution is 5.97. The minimum absolute atomic E-state index is 0.107. The average Bonchev–Trinajstić information content (AvgIpc) is 2.49. The summed E-state index contributed by atoms with van der Waals surface area (Å²) in [7, 11) is 0. The van der Waals surface area contributed by atoms with Crippen molar-refractivity contribution in [3.05, 3.63) is 59.7 Å². The number of para-hydroxylation sites is 2. The lowest BCUT2D eigenvalue weighted by Gasteiger charge is -2.42. The summed E-state index contributed by atoms with van der Waals surface area (Å²) in [5, 5.41) is 0. The van der Waals surface area contributed by atoms with Gasteiger partial charge in [-0.05, 0) is 37.1 Å². The largest absolute Gasteiger partial charge is 0.363 e. The van der Waals surface area contributed by atoms with Crippen molar-refractivity contribution in [1.29, 1.82) is 0 Å². The fourth-order valence-electron chi connectivity index (χ4n) is 3.29. The molecule has 0 saturated heterocycles. The van der Waals surface area contributed by atoms with Gasteiger partial charge in [-0.1, -0.05) is 36.4 Å². The van der Waals surface area contributed by atoms with Gasteiger partial charge in [0.2, 0.25) is 5.91 Å². The Kier molecular flexibility index (Phi) is 3.88. The van der Waals surface area contributed by atoms with Crippen LogP contribution in [0, 0.1) is 6.92 Å². The molecule has 3 nitrogen and oxygen atoms in total. The number of carbonyl (C=O) groups is 1. The lowest BCUT2D eigenvalue weighted by molar-refractivity contribution is -0.117. The van der Waals surface area contributed by atoms with Gasteiger partial charge in [0, 0.05) is 20.0 Å². The molecule has 0 aliphatic carbocycles. The van der Waals surface area contributed by atoms with Crippen LogP contribution in [0.3, 0.4) is 0 Å². The van der Waals surface area contributed by atoms with Crippen molar-refractivity contribution < 1.29 is 4.79 Å². The SMILES string of the molecule is CC(=O)N1c2ccccc2N(Cc2ccccc2C)C[C@@H]1C. The first-order valence-electron chi connectivity index (χ1n) is 7.76. The second-order valence-corrected chi connectivity index (χ2v) is 6.03. The van der Waals surface area contributed by atoms with Gasteiger partial charge in [0.1, 0.15) is 0 Å². The van der Waals surface area contributed by atoms with E-state index in [0.29, 0.717) is 0 Å². The Hall–Kier alpha value is -2.29. The quantitative estimate of drug-likeness (QED) is 0.842. The minimum Gasteiger partial charge on any atom is -0.363 e. The summed E-state index contributed by atoms with van der Waals surface area (Å²) in [6.45, 7) is 7.63. The number of amides is 1. The molecule has 3 heteroatoms. The molecular formula is C19H22N2O. The van der Waals surface area contributed by atoms with Gasteiger partial charge in [-0.3, -0.25) is 4.79 Å². The fraction of sp³-hybridized carbons (Fsp3) is 0.316. The molecule has 22 heavy (non-hydrogen) atoms. The molecule has 2 aromatic carbocycles. The third-order valence-electron chi connectivity index (χ3n) is 4.37. The van der Waals surface area contributed by atoms with Crippen LogP contribution in [-0.2, 0) is 11.3 Å². The van der Waals surface area contributed by atoms with E-state index >= 15 is 0 Å². The molecule has 1 atom stereocenters. The number of fused-ring (bicyclic) bond motifs is 1. The zero-order chi connectivity index (χ0) is 15.7. The highest BCUT2D eigenvalue weighted by atomic mass is 16.2. The van der Waals surface area contributed by atoms with Crippen LogP contribution in [-0.4, -0.2) is 18.5 Å². The monoisotopic (exact) mass is 294 g/mol. The van der Waals surface area contributed by atoms with E-state index < -0.39 is 0 Å². The highest BCUT2D eigenvalue weighted by Gasteiger charge is 2.30. The Labute approximate surface area is 132 Å². The number of aryl methyl sites for hydroxylation is 1. The van der Waals surface area contributed by atoms with Crippen molar-refractivity contribution >= 4 is 17.3 Å². The van der Waals surface area contributed by atoms with Gasteiger partial charge in [0.05, 0.1) is 17.4 Å². The summed E-state index contributed by atoms with van der Waals surface area (Å²) in [5.74, 6) is 0.107. The molecule has 0 aromatic heterocycles. The maximum absolute atomic E-state index is 12.0. The molecule has 0 fully saturated rings. The molecule has 0 bridgehead atoms. The number of benzene rings is 2. The molecule has 1 aliphatic rings. The average molecular weight is 294 g/mol. The van der Waals surface area contributed by atoms with E-state index in [1.54, 1.807) is 6.92 Å². The van der Waals surface area contributed by atoms with Crippen molar-refractivity contribution in [2.45, 2.75) is 33.4 Å². The van der Waals surface area contributed by atoms with Gasteiger partial charge >= 0.3 is 0 Å². The number of hydrogen-bond acceptors (Lipinski definition) is 2. The minimum atomic E-state index is 0.107. The zero-order valence-corrected chi connectivity index (χ0v) is 13.4. The standard InChI is InChI=1S/C19H22N2O/c1-14-8-4-5-9-17(14)13-20-12-15(2)21(16(3)22)19-11-7-6-10-18(19)20/h4-11,15H,12-13H2,1-3H3/t15-/m0/s1. The highest BCUT2D eigenvalue weighted by Crippen LogP contribution is 2.36. The molecule has 0 unspecified atom stereocenters. The first kappa shape index (κ1) is 14.6. The van der Waals surface area contributed by atoms with Crippen LogP contribution in [0.25, 0.3) is 0 Å². The predicted octanol–water partition coefficient (Wildman–Crippen LogP) is 3.76. The smallest absolute Gasteiger partial charge is 0.224 e. The van der Waals surface area contributed by atoms with Gasteiger partial charge in [0.15, 0.2) is 0 Å². The first-order chi connectivity index (χ1) is 10.6. The number of carbonyl (C=O) groups excluding carboxylic acids is 1. The maximum atomic E-state index is 12.0. The van der Waals surface area contributed by atoms with Gasteiger partial charge in [-0.2, -0.15) is 0 Å². The van der Waals surface area contributed by atoms with E-state index in [-0.39, 0.29) is 11.9 Å². The van der Waals surface area contributed by atoms with Crippen LogP contribution in [0.1, 0.15) is 25.0 Å². The summed E-state index contributed by atoms with van der Waals surface area (Å²) in [5.41, 5.74) is 4.80. The van der Waals surface area contributed by atoms with Crippen LogP contribution in [0.2, 0.25) is 0 Å². The topological polar surface area (TPSA) is 23.6 Å². The van der Waals surface area contributed by atoms with E-state index in [1.807, 2.05) is 23.1 Å². The molecule has 0 spiro atoms. The molecule has 114 valence electrons. The van der Waals surface area contributed by atoms with Gasteiger partial charge in [-0.15, -0.1) is 0 Å². The van der Waals surface area contributed by atoms with Crippen molar-refractivity contribution in [2.75, 3.05) is 16.3 Å². The van der Waals surface area contributed by atoms with Gasteiger partial charge in [-0.25, -0.2) is 0 Å². The Morgan fingerprint density at radius 2 is 1.73 bits per heavy atom. The number of anilines is 2. The third kappa shape index (κ3) is 2.59. The van der Waals surface area contributed by atoms with Crippen LogP contribution < -0.4 is 9.80 Å². The summed E-state index contributed by atoms with van der Waals surface area (Å²) >= 11 is 0. The molecule has 0 radical (unpaired) electrons. The van der Waals surface area contributed by atoms with Gasteiger partial charge < -0.3 is 9.80 Å². The lowest BCUT2D eigenvalue weighted by Crippen LogP contribution is -2.49. The number of nitrogens with zero attached hydrogens (tertiary/aromatic N) is 2. The Bertz CT molecular complexity index is 695. The zero-order valence-electron chi connectivity index (χ0n) is 13.4. The molecule has 1 amide bonds. The van der Waals surface area contributed by atoms with E-state index in [0.717, 1.165) is 24.5 Å². The Morgan fingerprint density at radius 1 is 1.09 bits per heavy atom. The number of rotatable bonds is 2. The van der Waals surface area contributed by atoms with E-state index in [2.05, 4.69) is 49.1 Å². The lowest BCUT2D eigenvalue weighted by atomic mass is 10.0. The van der Waals surface area contributed by atoms with E-state index in [9.17, 15) is 4.79 Å². The summed E-state index contributed by atoms with van der Waals surface area (Å²) in [6.07, 6.45) is 0. The predicted molar refractivity (Wildman–Crippen MR) is 91.3 cm³/mol. The van der Waals surface area contributed by atoms with Crippen LogP contribution in [0.15, 0.2) is 48.5 Å². The van der Waals surface area contributed by atoms with Crippen molar-refractivity contribution in [1.82, 2.24) is 0 Å². The molecule has 0 N–H and O–H groups in total. The first-order valence-corrected chi connectivity index (χ1v) is 7.76. The van der Waals surface area contributed by atoms with E-state index in [1.165, 1.54) is 11.1 Å². The van der Waals surface area contributed by atoms with Crippen LogP contribution in [0.5, 0.6) is 0 Å². The molecular weight excluding hydrogens is 272 g/mol. The van der Waals surface area contributed by atoms with Gasteiger partial charge in [0.25, 0.3) is 0 Å². The van der Waals surface area contributed by atoms with Crippen molar-refractivity contribution in [2.24, 2.45) is 0 Å². The Balaban J connectivity index is 1.98. The van der Waals surface area contributed by atoms with Crippen LogP contribution in [0.4, 0.5) is 11.4 Å². The fourth-order valence-corrected chi connectivity index (χ4v) is 3.29. The van der Waals surface area contributed by atoms with Crippen molar-refractivity contribution in [3.63, 3.8) is 0 Å². The molecule has 1 heterocycles. The maximum Gasteiger partial charge on any atom is 0.224 e. The summed E-state index contributed by atoms with van der Waals surface area (Å²) in [4.78, 5) is 16.3. The van der Waals surface area contributed by atoms with Crippen molar-refractivity contribution in [3.8, 4) is 0 Å². The summed E-state index contributed by atoms with van der Waals surface area (Å²) < 4.78 is 0. The molecule has 3 rings (SSSR count). The molecule has 1 aliphatic heterocycles. The second kappa shape index (κ2) is 5.84. The van der Waals surface area contributed by atoms with E-state index in [4.69, 9.17) is 0 Å². The molecule has 2 aromatic rings. The van der Waals surface area contributed by atoms with Crippen LogP contribution >= 0.6 is 0 Å². The molecule has 0 saturated carbocycles.